The Morgan fingerprint density at radius 2 is 1.86 bits per heavy atom. The first-order chi connectivity index (χ1) is 17.2. The predicted octanol–water partition coefficient (Wildman–Crippen LogP) is 4.06. The van der Waals surface area contributed by atoms with Crippen LogP contribution in [-0.4, -0.2) is 57.6 Å². The third-order valence-corrected chi connectivity index (χ3v) is 8.44. The number of methoxy groups -OCH3 is 2. The summed E-state index contributed by atoms with van der Waals surface area (Å²) in [5.74, 6) is 1.55. The second-order valence-electron chi connectivity index (χ2n) is 8.88. The van der Waals surface area contributed by atoms with Crippen LogP contribution in [0.3, 0.4) is 0 Å². The third-order valence-electron chi connectivity index (χ3n) is 6.55. The van der Waals surface area contributed by atoms with Gasteiger partial charge in [-0.1, -0.05) is 37.4 Å². The summed E-state index contributed by atoms with van der Waals surface area (Å²) in [5, 5.41) is 7.89. The van der Waals surface area contributed by atoms with Crippen molar-refractivity contribution in [3.8, 4) is 17.4 Å². The maximum absolute atomic E-state index is 13.5. The van der Waals surface area contributed by atoms with Gasteiger partial charge in [0.25, 0.3) is 0 Å². The molecule has 1 aliphatic rings. The maximum Gasteiger partial charge on any atom is 0.240 e. The molecule has 36 heavy (non-hydrogen) atoms. The van der Waals surface area contributed by atoms with Gasteiger partial charge < -0.3 is 9.47 Å². The van der Waals surface area contributed by atoms with Crippen LogP contribution in [0, 0.1) is 5.92 Å². The van der Waals surface area contributed by atoms with E-state index in [0.717, 1.165) is 25.7 Å². The Labute approximate surface area is 215 Å². The zero-order valence-corrected chi connectivity index (χ0v) is 22.2. The number of rotatable bonds is 9. The summed E-state index contributed by atoms with van der Waals surface area (Å²) < 4.78 is 42.3. The SMILES string of the molecule is COc1cccc(-c2nnc(NS(=O)(=O)[C@@H](C)[C@H](OC)c3ncc(Cl)cn3)n2[C@H]2CCCC[C@H]2C)n1. The van der Waals surface area contributed by atoms with Crippen LogP contribution in [-0.2, 0) is 14.8 Å². The van der Waals surface area contributed by atoms with Crippen molar-refractivity contribution in [3.63, 3.8) is 0 Å². The highest BCUT2D eigenvalue weighted by Crippen LogP contribution is 2.38. The monoisotopic (exact) mass is 535 g/mol. The van der Waals surface area contributed by atoms with Gasteiger partial charge in [0.1, 0.15) is 17.0 Å². The Hall–Kier alpha value is -2.83. The quantitative estimate of drug-likeness (QED) is 0.430. The molecule has 0 radical (unpaired) electrons. The van der Waals surface area contributed by atoms with Crippen molar-refractivity contribution >= 4 is 27.6 Å². The molecule has 0 saturated heterocycles. The van der Waals surface area contributed by atoms with Gasteiger partial charge in [0, 0.05) is 31.6 Å². The highest BCUT2D eigenvalue weighted by molar-refractivity contribution is 7.93. The molecule has 0 unspecified atom stereocenters. The normalized spacial score (nSPS) is 20.0. The van der Waals surface area contributed by atoms with E-state index >= 15 is 0 Å². The molecule has 1 aliphatic carbocycles. The van der Waals surface area contributed by atoms with Crippen molar-refractivity contribution < 1.29 is 17.9 Å². The van der Waals surface area contributed by atoms with E-state index in [1.54, 1.807) is 12.1 Å². The lowest BCUT2D eigenvalue weighted by Gasteiger charge is -2.32. The van der Waals surface area contributed by atoms with Crippen molar-refractivity contribution in [2.45, 2.75) is 56.9 Å². The third kappa shape index (κ3) is 5.45. The highest BCUT2D eigenvalue weighted by Gasteiger charge is 2.36. The minimum absolute atomic E-state index is 0.00239. The summed E-state index contributed by atoms with van der Waals surface area (Å²) in [6.45, 7) is 3.69. The van der Waals surface area contributed by atoms with Gasteiger partial charge in [0.05, 0.1) is 12.1 Å². The van der Waals surface area contributed by atoms with Gasteiger partial charge in [-0.05, 0) is 31.7 Å². The van der Waals surface area contributed by atoms with Crippen LogP contribution in [0.4, 0.5) is 5.95 Å². The van der Waals surface area contributed by atoms with Gasteiger partial charge in [-0.15, -0.1) is 10.2 Å². The number of hydrogen-bond donors (Lipinski definition) is 1. The van der Waals surface area contributed by atoms with Crippen LogP contribution in [0.25, 0.3) is 11.5 Å². The van der Waals surface area contributed by atoms with E-state index in [1.165, 1.54) is 33.5 Å². The molecule has 4 atom stereocenters. The smallest absolute Gasteiger partial charge is 0.240 e. The van der Waals surface area contributed by atoms with Crippen molar-refractivity contribution in [2.24, 2.45) is 5.92 Å². The van der Waals surface area contributed by atoms with Crippen molar-refractivity contribution in [1.29, 1.82) is 0 Å². The molecule has 3 aromatic heterocycles. The van der Waals surface area contributed by atoms with Gasteiger partial charge in [-0.2, -0.15) is 0 Å². The van der Waals surface area contributed by atoms with Gasteiger partial charge >= 0.3 is 0 Å². The van der Waals surface area contributed by atoms with Crippen LogP contribution in [0.1, 0.15) is 57.5 Å². The molecule has 1 fully saturated rings. The highest BCUT2D eigenvalue weighted by atomic mass is 35.5. The summed E-state index contributed by atoms with van der Waals surface area (Å²) in [4.78, 5) is 12.8. The first kappa shape index (κ1) is 26.2. The fourth-order valence-corrected chi connectivity index (χ4v) is 5.78. The minimum Gasteiger partial charge on any atom is -0.481 e. The molecule has 4 rings (SSSR count). The first-order valence-corrected chi connectivity index (χ1v) is 13.7. The van der Waals surface area contributed by atoms with E-state index in [1.807, 2.05) is 10.6 Å². The van der Waals surface area contributed by atoms with Crippen LogP contribution < -0.4 is 9.46 Å². The molecule has 13 heteroatoms. The first-order valence-electron chi connectivity index (χ1n) is 11.7. The lowest BCUT2D eigenvalue weighted by Crippen LogP contribution is -2.34. The number of ether oxygens (including phenoxy) is 2. The summed E-state index contributed by atoms with van der Waals surface area (Å²) in [6, 6.07) is 5.35. The predicted molar refractivity (Wildman–Crippen MR) is 135 cm³/mol. The molecular formula is C23H30ClN7O4S. The molecule has 194 valence electrons. The summed E-state index contributed by atoms with van der Waals surface area (Å²) in [6.07, 6.45) is 5.93. The molecule has 0 spiro atoms. The van der Waals surface area contributed by atoms with E-state index in [2.05, 4.69) is 36.8 Å². The molecule has 1 N–H and O–H groups in total. The molecule has 0 aliphatic heterocycles. The molecule has 0 aromatic carbocycles. The van der Waals surface area contributed by atoms with Crippen molar-refractivity contribution in [2.75, 3.05) is 18.9 Å². The van der Waals surface area contributed by atoms with E-state index in [9.17, 15) is 8.42 Å². The Bertz CT molecular complexity index is 1290. The standard InChI is InChI=1S/C23H30ClN7O4S/c1-14-8-5-6-10-18(14)31-22(17-9-7-11-19(27-17)34-3)28-29-23(31)30-36(32,33)15(2)20(35-4)21-25-12-16(24)13-26-21/h7,9,11-15,18,20H,5-6,8,10H2,1-4H3,(H,29,30)/t14-,15+,18+,20+/m1/s1. The van der Waals surface area contributed by atoms with Crippen LogP contribution >= 0.6 is 11.6 Å². The van der Waals surface area contributed by atoms with Gasteiger partial charge in [0.15, 0.2) is 11.6 Å². The van der Waals surface area contributed by atoms with Crippen LogP contribution in [0.5, 0.6) is 5.88 Å². The largest absolute Gasteiger partial charge is 0.481 e. The number of anilines is 1. The van der Waals surface area contributed by atoms with Crippen molar-refractivity contribution in [3.05, 3.63) is 41.4 Å². The lowest BCUT2D eigenvalue weighted by atomic mass is 9.85. The van der Waals surface area contributed by atoms with Gasteiger partial charge in [-0.25, -0.2) is 23.4 Å². The molecule has 3 heterocycles. The average molecular weight is 536 g/mol. The zero-order chi connectivity index (χ0) is 25.9. The number of sulfonamides is 1. The second kappa shape index (κ2) is 11.1. The van der Waals surface area contributed by atoms with Crippen LogP contribution in [0.2, 0.25) is 5.02 Å². The average Bonchev–Trinajstić information content (AvgIpc) is 3.28. The van der Waals surface area contributed by atoms with Gasteiger partial charge in [-0.3, -0.25) is 9.29 Å². The molecule has 1 saturated carbocycles. The van der Waals surface area contributed by atoms with E-state index in [-0.39, 0.29) is 17.8 Å². The molecular weight excluding hydrogens is 506 g/mol. The van der Waals surface area contributed by atoms with E-state index in [0.29, 0.717) is 28.3 Å². The summed E-state index contributed by atoms with van der Waals surface area (Å²) >= 11 is 5.88. The Kier molecular flexibility index (Phi) is 8.06. The van der Waals surface area contributed by atoms with Gasteiger partial charge in [0.2, 0.25) is 21.9 Å². The number of halogens is 1. The number of aromatic nitrogens is 6. The number of nitrogens with one attached hydrogen (secondary N) is 1. The summed E-state index contributed by atoms with van der Waals surface area (Å²) in [5.41, 5.74) is 0.544. The number of nitrogens with zero attached hydrogens (tertiary/aromatic N) is 6. The Morgan fingerprint density at radius 3 is 2.53 bits per heavy atom. The van der Waals surface area contributed by atoms with E-state index in [4.69, 9.17) is 21.1 Å². The Balaban J connectivity index is 1.72. The molecule has 3 aromatic rings. The lowest BCUT2D eigenvalue weighted by molar-refractivity contribution is 0.0950. The second-order valence-corrected chi connectivity index (χ2v) is 11.4. The maximum atomic E-state index is 13.5. The van der Waals surface area contributed by atoms with Crippen LogP contribution in [0.15, 0.2) is 30.6 Å². The summed E-state index contributed by atoms with van der Waals surface area (Å²) in [7, 11) is -1.05. The molecule has 11 nitrogen and oxygen atoms in total. The minimum atomic E-state index is -4.00. The van der Waals surface area contributed by atoms with E-state index < -0.39 is 21.4 Å². The zero-order valence-electron chi connectivity index (χ0n) is 20.6. The fraction of sp³-hybridized carbons (Fsp3) is 0.522. The van der Waals surface area contributed by atoms with Crippen molar-refractivity contribution in [1.82, 2.24) is 29.7 Å². The number of hydrogen-bond acceptors (Lipinski definition) is 9. The Morgan fingerprint density at radius 1 is 1.14 bits per heavy atom. The molecule has 0 bridgehead atoms. The number of pyridine rings is 1. The topological polar surface area (TPSA) is 134 Å². The molecule has 0 amide bonds. The fourth-order valence-electron chi connectivity index (χ4n) is 4.54.